The Morgan fingerprint density at radius 3 is 2.74 bits per heavy atom. The van der Waals surface area contributed by atoms with Crippen molar-refractivity contribution >= 4 is 11.6 Å². The van der Waals surface area contributed by atoms with E-state index in [9.17, 15) is 4.79 Å². The molecule has 0 aliphatic heterocycles. The minimum atomic E-state index is 0.114. The van der Waals surface area contributed by atoms with Gasteiger partial charge in [-0.25, -0.2) is 0 Å². The Labute approximate surface area is 114 Å². The van der Waals surface area contributed by atoms with Crippen molar-refractivity contribution in [1.82, 2.24) is 0 Å². The summed E-state index contributed by atoms with van der Waals surface area (Å²) in [7, 11) is 0. The summed E-state index contributed by atoms with van der Waals surface area (Å²) in [4.78, 5) is 12.2. The molecule has 1 saturated carbocycles. The van der Waals surface area contributed by atoms with Crippen molar-refractivity contribution in [2.24, 2.45) is 11.7 Å². The van der Waals surface area contributed by atoms with E-state index >= 15 is 0 Å². The van der Waals surface area contributed by atoms with E-state index in [1.165, 1.54) is 6.42 Å². The summed E-state index contributed by atoms with van der Waals surface area (Å²) >= 11 is 0. The number of nitrogens with one attached hydrogen (secondary N) is 1. The quantitative estimate of drug-likeness (QED) is 0.857. The Kier molecular flexibility index (Phi) is 5.21. The first kappa shape index (κ1) is 13.9. The van der Waals surface area contributed by atoms with E-state index in [1.807, 2.05) is 24.3 Å². The van der Waals surface area contributed by atoms with Crippen molar-refractivity contribution in [2.75, 3.05) is 18.5 Å². The van der Waals surface area contributed by atoms with Gasteiger partial charge >= 0.3 is 0 Å². The van der Waals surface area contributed by atoms with Gasteiger partial charge in [-0.2, -0.15) is 0 Å². The zero-order chi connectivity index (χ0) is 13.5. The molecule has 1 amide bonds. The molecule has 4 nitrogen and oxygen atoms in total. The maximum absolute atomic E-state index is 12.2. The van der Waals surface area contributed by atoms with Gasteiger partial charge in [0.25, 0.3) is 0 Å². The number of para-hydroxylation sites is 2. The van der Waals surface area contributed by atoms with Crippen LogP contribution in [0.5, 0.6) is 5.75 Å². The largest absolute Gasteiger partial charge is 0.490 e. The molecule has 0 spiro atoms. The highest BCUT2D eigenvalue weighted by Gasteiger charge is 2.21. The molecular formula is C15H22N2O2. The lowest BCUT2D eigenvalue weighted by Gasteiger charge is -2.21. The van der Waals surface area contributed by atoms with Crippen LogP contribution in [0.25, 0.3) is 0 Å². The molecule has 0 unspecified atom stereocenters. The second-order valence-corrected chi connectivity index (χ2v) is 4.96. The average Bonchev–Trinajstić information content (AvgIpc) is 2.47. The molecule has 0 aromatic heterocycles. The monoisotopic (exact) mass is 262 g/mol. The predicted octanol–water partition coefficient (Wildman–Crippen LogP) is 2.54. The molecule has 1 aliphatic carbocycles. The molecule has 2 rings (SSSR count). The Balaban J connectivity index is 1.99. The number of benzene rings is 1. The van der Waals surface area contributed by atoms with Crippen molar-refractivity contribution in [3.63, 3.8) is 0 Å². The fourth-order valence-electron chi connectivity index (χ4n) is 2.46. The highest BCUT2D eigenvalue weighted by atomic mass is 16.5. The van der Waals surface area contributed by atoms with Crippen molar-refractivity contribution in [3.8, 4) is 5.75 Å². The van der Waals surface area contributed by atoms with Crippen LogP contribution in [0.4, 0.5) is 5.69 Å². The first-order valence-corrected chi connectivity index (χ1v) is 7.04. The Morgan fingerprint density at radius 2 is 2.00 bits per heavy atom. The van der Waals surface area contributed by atoms with Crippen LogP contribution in [-0.4, -0.2) is 19.1 Å². The molecule has 104 valence electrons. The van der Waals surface area contributed by atoms with Crippen molar-refractivity contribution in [2.45, 2.75) is 32.1 Å². The summed E-state index contributed by atoms with van der Waals surface area (Å²) in [5, 5.41) is 2.98. The maximum atomic E-state index is 12.2. The summed E-state index contributed by atoms with van der Waals surface area (Å²) in [5.41, 5.74) is 6.17. The van der Waals surface area contributed by atoms with Crippen molar-refractivity contribution in [1.29, 1.82) is 0 Å². The number of nitrogens with two attached hydrogens (primary N) is 1. The highest BCUT2D eigenvalue weighted by Crippen LogP contribution is 2.28. The number of rotatable bonds is 5. The SMILES string of the molecule is NCCOc1ccccc1NC(=O)C1CCCCC1. The zero-order valence-electron chi connectivity index (χ0n) is 11.2. The molecule has 0 bridgehead atoms. The van der Waals surface area contributed by atoms with Gasteiger partial charge in [-0.05, 0) is 25.0 Å². The summed E-state index contributed by atoms with van der Waals surface area (Å²) in [6.07, 6.45) is 5.56. The number of hydrogen-bond donors (Lipinski definition) is 2. The number of ether oxygens (including phenoxy) is 1. The number of anilines is 1. The first-order chi connectivity index (χ1) is 9.31. The van der Waals surface area contributed by atoms with Crippen LogP contribution in [0.15, 0.2) is 24.3 Å². The molecule has 1 fully saturated rings. The number of carbonyl (C=O) groups is 1. The van der Waals surface area contributed by atoms with Crippen LogP contribution in [0.3, 0.4) is 0 Å². The van der Waals surface area contributed by atoms with Crippen LogP contribution in [0, 0.1) is 5.92 Å². The lowest BCUT2D eigenvalue weighted by atomic mass is 9.88. The van der Waals surface area contributed by atoms with Crippen LogP contribution in [-0.2, 0) is 4.79 Å². The predicted molar refractivity (Wildman–Crippen MR) is 76.2 cm³/mol. The fourth-order valence-corrected chi connectivity index (χ4v) is 2.46. The van der Waals surface area contributed by atoms with Gasteiger partial charge in [-0.15, -0.1) is 0 Å². The van der Waals surface area contributed by atoms with Gasteiger partial charge in [0, 0.05) is 12.5 Å². The average molecular weight is 262 g/mol. The van der Waals surface area contributed by atoms with E-state index in [0.717, 1.165) is 31.4 Å². The minimum absolute atomic E-state index is 0.114. The molecule has 0 heterocycles. The Morgan fingerprint density at radius 1 is 1.26 bits per heavy atom. The van der Waals surface area contributed by atoms with E-state index in [-0.39, 0.29) is 11.8 Å². The van der Waals surface area contributed by atoms with E-state index < -0.39 is 0 Å². The third-order valence-electron chi connectivity index (χ3n) is 3.50. The van der Waals surface area contributed by atoms with Crippen molar-refractivity contribution < 1.29 is 9.53 Å². The van der Waals surface area contributed by atoms with E-state index in [2.05, 4.69) is 5.32 Å². The third kappa shape index (κ3) is 3.96. The first-order valence-electron chi connectivity index (χ1n) is 7.04. The van der Waals surface area contributed by atoms with Gasteiger partial charge in [0.15, 0.2) is 0 Å². The summed E-state index contributed by atoms with van der Waals surface area (Å²) in [5.74, 6) is 0.955. The van der Waals surface area contributed by atoms with Gasteiger partial charge in [-0.3, -0.25) is 4.79 Å². The second kappa shape index (κ2) is 7.14. The normalized spacial score (nSPS) is 16.1. The number of hydrogen-bond acceptors (Lipinski definition) is 3. The zero-order valence-corrected chi connectivity index (χ0v) is 11.2. The Hall–Kier alpha value is -1.55. The molecule has 0 atom stereocenters. The summed E-state index contributed by atoms with van der Waals surface area (Å²) < 4.78 is 5.53. The van der Waals surface area contributed by atoms with E-state index in [4.69, 9.17) is 10.5 Å². The van der Waals surface area contributed by atoms with Gasteiger partial charge in [0.1, 0.15) is 12.4 Å². The standard InChI is InChI=1S/C15H22N2O2/c16-10-11-19-14-9-5-4-8-13(14)17-15(18)12-6-2-1-3-7-12/h4-5,8-9,12H,1-3,6-7,10-11,16H2,(H,17,18). The molecule has 19 heavy (non-hydrogen) atoms. The van der Waals surface area contributed by atoms with Gasteiger partial charge in [0.2, 0.25) is 5.91 Å². The smallest absolute Gasteiger partial charge is 0.227 e. The molecule has 4 heteroatoms. The molecule has 1 aromatic rings. The minimum Gasteiger partial charge on any atom is -0.490 e. The molecule has 3 N–H and O–H groups in total. The molecular weight excluding hydrogens is 240 g/mol. The van der Waals surface area contributed by atoms with Crippen LogP contribution in [0.1, 0.15) is 32.1 Å². The lowest BCUT2D eigenvalue weighted by Crippen LogP contribution is -2.25. The number of carbonyl (C=O) groups excluding carboxylic acids is 1. The number of amides is 1. The lowest BCUT2D eigenvalue weighted by molar-refractivity contribution is -0.120. The van der Waals surface area contributed by atoms with E-state index in [1.54, 1.807) is 0 Å². The van der Waals surface area contributed by atoms with Crippen LogP contribution < -0.4 is 15.8 Å². The van der Waals surface area contributed by atoms with Gasteiger partial charge in [0.05, 0.1) is 5.69 Å². The fraction of sp³-hybridized carbons (Fsp3) is 0.533. The topological polar surface area (TPSA) is 64.3 Å². The van der Waals surface area contributed by atoms with Crippen molar-refractivity contribution in [3.05, 3.63) is 24.3 Å². The summed E-state index contributed by atoms with van der Waals surface area (Å²) in [6.45, 7) is 0.918. The molecule has 1 aromatic carbocycles. The van der Waals surface area contributed by atoms with Crippen LogP contribution in [0.2, 0.25) is 0 Å². The van der Waals surface area contributed by atoms with E-state index in [0.29, 0.717) is 18.9 Å². The van der Waals surface area contributed by atoms with Crippen LogP contribution >= 0.6 is 0 Å². The maximum Gasteiger partial charge on any atom is 0.227 e. The summed E-state index contributed by atoms with van der Waals surface area (Å²) in [6, 6.07) is 7.51. The molecule has 1 aliphatic rings. The third-order valence-corrected chi connectivity index (χ3v) is 3.50. The van der Waals surface area contributed by atoms with Gasteiger partial charge in [-0.1, -0.05) is 31.4 Å². The Bertz CT molecular complexity index is 414. The van der Waals surface area contributed by atoms with Gasteiger partial charge < -0.3 is 15.8 Å². The second-order valence-electron chi connectivity index (χ2n) is 4.96. The highest BCUT2D eigenvalue weighted by molar-refractivity contribution is 5.93. The molecule has 0 saturated heterocycles. The molecule has 0 radical (unpaired) electrons.